The molecule has 148 valence electrons. The molecule has 25 heavy (non-hydrogen) atoms. The van der Waals surface area contributed by atoms with Crippen molar-refractivity contribution in [1.82, 2.24) is 0 Å². The molecule has 0 spiro atoms. The zero-order chi connectivity index (χ0) is 18.9. The molecule has 0 amide bonds. The SMILES string of the molecule is CCCCCCCCCCCCCCC(=O)CC[C@H](C)[C@H](N)C(=O)O. The summed E-state index contributed by atoms with van der Waals surface area (Å²) in [5, 5.41) is 8.83. The van der Waals surface area contributed by atoms with E-state index in [9.17, 15) is 9.59 Å². The van der Waals surface area contributed by atoms with Gasteiger partial charge in [0, 0.05) is 12.8 Å². The molecular formula is C21H41NO3. The van der Waals surface area contributed by atoms with Crippen LogP contribution in [0.1, 0.15) is 110 Å². The van der Waals surface area contributed by atoms with E-state index in [1.165, 1.54) is 64.2 Å². The third kappa shape index (κ3) is 15.1. The van der Waals surface area contributed by atoms with Crippen molar-refractivity contribution in [2.24, 2.45) is 11.7 Å². The van der Waals surface area contributed by atoms with Crippen molar-refractivity contribution in [3.8, 4) is 0 Å². The van der Waals surface area contributed by atoms with Gasteiger partial charge in [-0.2, -0.15) is 0 Å². The van der Waals surface area contributed by atoms with Gasteiger partial charge in [0.15, 0.2) is 0 Å². The van der Waals surface area contributed by atoms with Crippen LogP contribution in [0.4, 0.5) is 0 Å². The van der Waals surface area contributed by atoms with Gasteiger partial charge in [-0.15, -0.1) is 0 Å². The lowest BCUT2D eigenvalue weighted by atomic mass is 9.95. The van der Waals surface area contributed by atoms with Crippen LogP contribution in [0.5, 0.6) is 0 Å². The third-order valence-electron chi connectivity index (χ3n) is 5.09. The van der Waals surface area contributed by atoms with E-state index in [-0.39, 0.29) is 11.7 Å². The first-order chi connectivity index (χ1) is 12.0. The highest BCUT2D eigenvalue weighted by atomic mass is 16.4. The van der Waals surface area contributed by atoms with E-state index >= 15 is 0 Å². The van der Waals surface area contributed by atoms with Gasteiger partial charge >= 0.3 is 5.97 Å². The smallest absolute Gasteiger partial charge is 0.320 e. The van der Waals surface area contributed by atoms with Crippen LogP contribution in [-0.2, 0) is 9.59 Å². The first kappa shape index (κ1) is 24.1. The molecule has 2 atom stereocenters. The predicted molar refractivity (Wildman–Crippen MR) is 105 cm³/mol. The van der Waals surface area contributed by atoms with Crippen molar-refractivity contribution < 1.29 is 14.7 Å². The summed E-state index contributed by atoms with van der Waals surface area (Å²) >= 11 is 0. The third-order valence-corrected chi connectivity index (χ3v) is 5.09. The fourth-order valence-electron chi connectivity index (χ4n) is 3.10. The lowest BCUT2D eigenvalue weighted by Gasteiger charge is -2.14. The maximum atomic E-state index is 11.8. The molecule has 4 nitrogen and oxygen atoms in total. The highest BCUT2D eigenvalue weighted by Crippen LogP contribution is 2.14. The number of rotatable bonds is 18. The van der Waals surface area contributed by atoms with Crippen molar-refractivity contribution >= 4 is 11.8 Å². The Kier molecular flexibility index (Phi) is 16.0. The summed E-state index contributed by atoms with van der Waals surface area (Å²) in [5.41, 5.74) is 5.56. The van der Waals surface area contributed by atoms with E-state index < -0.39 is 12.0 Å². The molecule has 0 aliphatic heterocycles. The number of unbranched alkanes of at least 4 members (excludes halogenated alkanes) is 11. The minimum Gasteiger partial charge on any atom is -0.480 e. The second-order valence-electron chi connectivity index (χ2n) is 7.56. The van der Waals surface area contributed by atoms with Crippen molar-refractivity contribution in [3.05, 3.63) is 0 Å². The lowest BCUT2D eigenvalue weighted by molar-refractivity contribution is -0.140. The summed E-state index contributed by atoms with van der Waals surface area (Å²) in [6.07, 6.45) is 17.2. The Morgan fingerprint density at radius 2 is 1.24 bits per heavy atom. The number of carboxylic acids is 1. The molecule has 0 saturated carbocycles. The molecule has 0 bridgehead atoms. The molecule has 0 rings (SSSR count). The van der Waals surface area contributed by atoms with Crippen LogP contribution in [-0.4, -0.2) is 22.9 Å². The molecule has 0 aliphatic carbocycles. The van der Waals surface area contributed by atoms with Gasteiger partial charge in [0.25, 0.3) is 0 Å². The molecule has 0 aromatic heterocycles. The Morgan fingerprint density at radius 1 is 0.800 bits per heavy atom. The van der Waals surface area contributed by atoms with Gasteiger partial charge in [-0.3, -0.25) is 9.59 Å². The van der Waals surface area contributed by atoms with E-state index in [0.717, 1.165) is 12.8 Å². The Hall–Kier alpha value is -0.900. The van der Waals surface area contributed by atoms with Crippen molar-refractivity contribution in [3.63, 3.8) is 0 Å². The summed E-state index contributed by atoms with van der Waals surface area (Å²) in [5.74, 6) is -0.888. The van der Waals surface area contributed by atoms with Gasteiger partial charge in [0.05, 0.1) is 0 Å². The number of hydrogen-bond donors (Lipinski definition) is 2. The number of hydrogen-bond acceptors (Lipinski definition) is 3. The molecule has 3 N–H and O–H groups in total. The Bertz CT molecular complexity index is 344. The topological polar surface area (TPSA) is 80.4 Å². The van der Waals surface area contributed by atoms with E-state index in [1.807, 2.05) is 0 Å². The van der Waals surface area contributed by atoms with Gasteiger partial charge in [0.2, 0.25) is 0 Å². The van der Waals surface area contributed by atoms with Gasteiger partial charge in [0.1, 0.15) is 11.8 Å². The number of nitrogens with two attached hydrogens (primary N) is 1. The van der Waals surface area contributed by atoms with E-state index in [1.54, 1.807) is 6.92 Å². The van der Waals surface area contributed by atoms with Crippen molar-refractivity contribution in [2.75, 3.05) is 0 Å². The maximum absolute atomic E-state index is 11.8. The summed E-state index contributed by atoms with van der Waals surface area (Å²) in [4.78, 5) is 22.6. The Balaban J connectivity index is 3.36. The molecule has 0 aromatic carbocycles. The number of ketones is 1. The van der Waals surface area contributed by atoms with Crippen LogP contribution in [0.25, 0.3) is 0 Å². The number of carbonyl (C=O) groups is 2. The lowest BCUT2D eigenvalue weighted by Crippen LogP contribution is -2.36. The summed E-state index contributed by atoms with van der Waals surface area (Å²) in [6.45, 7) is 4.05. The van der Waals surface area contributed by atoms with Crippen LogP contribution >= 0.6 is 0 Å². The molecule has 0 radical (unpaired) electrons. The van der Waals surface area contributed by atoms with Crippen LogP contribution in [0.3, 0.4) is 0 Å². The van der Waals surface area contributed by atoms with Gasteiger partial charge in [-0.1, -0.05) is 84.5 Å². The first-order valence-corrected chi connectivity index (χ1v) is 10.5. The number of Topliss-reactive ketones (excluding diaryl/α,β-unsaturated/α-hetero) is 1. The standard InChI is InChI=1S/C21H41NO3/c1-3-4-5-6-7-8-9-10-11-12-13-14-15-19(23)17-16-18(2)20(22)21(24)25/h18,20H,3-17,22H2,1-2H3,(H,24,25)/t18-,20-/m0/s1. The average molecular weight is 356 g/mol. The number of carbonyl (C=O) groups excluding carboxylic acids is 1. The molecule has 4 heteroatoms. The quantitative estimate of drug-likeness (QED) is 0.319. The fraction of sp³-hybridized carbons (Fsp3) is 0.905. The zero-order valence-corrected chi connectivity index (χ0v) is 16.6. The van der Waals surface area contributed by atoms with E-state index in [4.69, 9.17) is 10.8 Å². The van der Waals surface area contributed by atoms with Crippen LogP contribution in [0.2, 0.25) is 0 Å². The van der Waals surface area contributed by atoms with Gasteiger partial charge < -0.3 is 10.8 Å². The minimum atomic E-state index is -0.985. The Labute approximate surface area is 154 Å². The fourth-order valence-corrected chi connectivity index (χ4v) is 3.10. The minimum absolute atomic E-state index is 0.150. The highest BCUT2D eigenvalue weighted by Gasteiger charge is 2.20. The molecule has 0 aromatic rings. The van der Waals surface area contributed by atoms with Crippen LogP contribution < -0.4 is 5.73 Å². The van der Waals surface area contributed by atoms with E-state index in [0.29, 0.717) is 19.3 Å². The second kappa shape index (κ2) is 16.6. The van der Waals surface area contributed by atoms with Gasteiger partial charge in [-0.25, -0.2) is 0 Å². The molecule has 0 heterocycles. The highest BCUT2D eigenvalue weighted by molar-refractivity contribution is 5.78. The largest absolute Gasteiger partial charge is 0.480 e. The Morgan fingerprint density at radius 3 is 1.68 bits per heavy atom. The van der Waals surface area contributed by atoms with Gasteiger partial charge in [-0.05, 0) is 18.8 Å². The summed E-state index contributed by atoms with van der Waals surface area (Å²) in [7, 11) is 0. The normalized spacial score (nSPS) is 13.6. The van der Waals surface area contributed by atoms with Crippen molar-refractivity contribution in [1.29, 1.82) is 0 Å². The summed E-state index contributed by atoms with van der Waals surface area (Å²) < 4.78 is 0. The molecule has 0 unspecified atom stereocenters. The molecule has 0 aliphatic rings. The monoisotopic (exact) mass is 355 g/mol. The summed E-state index contributed by atoms with van der Waals surface area (Å²) in [6, 6.07) is -0.862. The molecule has 0 saturated heterocycles. The molecule has 0 fully saturated rings. The van der Waals surface area contributed by atoms with E-state index in [2.05, 4.69) is 6.92 Å². The average Bonchev–Trinajstić information content (AvgIpc) is 2.59. The van der Waals surface area contributed by atoms with Crippen LogP contribution in [0, 0.1) is 5.92 Å². The molecular weight excluding hydrogens is 314 g/mol. The second-order valence-corrected chi connectivity index (χ2v) is 7.56. The maximum Gasteiger partial charge on any atom is 0.320 e. The number of aliphatic carboxylic acids is 1. The van der Waals surface area contributed by atoms with Crippen LogP contribution in [0.15, 0.2) is 0 Å². The predicted octanol–water partition coefficient (Wildman–Crippen LogP) is 5.47. The number of carboxylic acid groups (broad SMARTS) is 1. The zero-order valence-electron chi connectivity index (χ0n) is 16.6. The first-order valence-electron chi connectivity index (χ1n) is 10.5. The van der Waals surface area contributed by atoms with Crippen molar-refractivity contribution in [2.45, 2.75) is 116 Å².